The first kappa shape index (κ1) is 36.3. The van der Waals surface area contributed by atoms with Crippen molar-refractivity contribution in [3.8, 4) is 0 Å². The molecule has 0 radical (unpaired) electrons. The van der Waals surface area contributed by atoms with E-state index in [0.717, 1.165) is 10.1 Å². The fourth-order valence-corrected chi connectivity index (χ4v) is 5.84. The molecule has 1 aliphatic rings. The van der Waals surface area contributed by atoms with E-state index in [0.29, 0.717) is 6.54 Å². The van der Waals surface area contributed by atoms with Crippen LogP contribution >= 0.6 is 0 Å². The zero-order valence-electron chi connectivity index (χ0n) is 28.8. The number of carbonyl (C=O) groups excluding carboxylic acids is 3. The summed E-state index contributed by atoms with van der Waals surface area (Å²) < 4.78 is 26.1. The minimum absolute atomic E-state index is 0.0733. The Morgan fingerprint density at radius 3 is 1.77 bits per heavy atom. The highest BCUT2D eigenvalue weighted by atomic mass is 16.7. The van der Waals surface area contributed by atoms with Gasteiger partial charge in [-0.3, -0.25) is 9.36 Å². The van der Waals surface area contributed by atoms with Crippen molar-refractivity contribution < 1.29 is 33.3 Å². The average Bonchev–Trinajstić information content (AvgIpc) is 3.51. The largest absolute Gasteiger partial charge is 0.459 e. The molecule has 1 aromatic heterocycles. The highest BCUT2D eigenvalue weighted by Crippen LogP contribution is 2.34. The maximum Gasteiger partial charge on any atom is 0.338 e. The standard InChI is InChI=1S/C41H37N3O9/c1-2-3-24-42-33-25-34(45)44(41(49)43(33)26-28-16-8-4-9-17-28)37-36(53-40(48)31-22-14-7-15-23-31)35(52-39(47)30-20-12-6-13-21-30)32(51-37)27-50-38(46)29-18-10-5-11-19-29/h2-23,25,32,35-37,42H,24,26-27H2,1H3/b3-2+/t32-,35-,36-,37-/m1/s1. The molecule has 12 heteroatoms. The Balaban J connectivity index is 1.44. The molecule has 4 atom stereocenters. The summed E-state index contributed by atoms with van der Waals surface area (Å²) in [6.45, 7) is 1.77. The Morgan fingerprint density at radius 1 is 0.717 bits per heavy atom. The van der Waals surface area contributed by atoms with E-state index in [1.54, 1.807) is 66.7 Å². The number of rotatable bonds is 13. The summed E-state index contributed by atoms with van der Waals surface area (Å²) in [5.41, 5.74) is -0.186. The molecule has 4 aromatic carbocycles. The van der Waals surface area contributed by atoms with Gasteiger partial charge in [0.25, 0.3) is 5.56 Å². The van der Waals surface area contributed by atoms with Crippen LogP contribution in [0.2, 0.25) is 0 Å². The van der Waals surface area contributed by atoms with E-state index in [1.807, 2.05) is 49.4 Å². The van der Waals surface area contributed by atoms with Gasteiger partial charge in [-0.05, 0) is 48.9 Å². The fraction of sp³-hybridized carbons (Fsp3) is 0.195. The molecule has 1 aliphatic heterocycles. The smallest absolute Gasteiger partial charge is 0.338 e. The lowest BCUT2D eigenvalue weighted by Crippen LogP contribution is -2.47. The molecule has 0 saturated carbocycles. The third-order valence-corrected chi connectivity index (χ3v) is 8.48. The second kappa shape index (κ2) is 17.1. The molecular weight excluding hydrogens is 678 g/mol. The summed E-state index contributed by atoms with van der Waals surface area (Å²) in [6, 6.07) is 34.8. The molecule has 1 fully saturated rings. The van der Waals surface area contributed by atoms with E-state index in [1.165, 1.54) is 34.9 Å². The van der Waals surface area contributed by atoms with Crippen molar-refractivity contribution in [2.24, 2.45) is 0 Å². The fourth-order valence-electron chi connectivity index (χ4n) is 5.84. The van der Waals surface area contributed by atoms with E-state index in [2.05, 4.69) is 5.32 Å². The van der Waals surface area contributed by atoms with Crippen molar-refractivity contribution >= 4 is 23.7 Å². The van der Waals surface area contributed by atoms with Gasteiger partial charge in [-0.1, -0.05) is 97.1 Å². The van der Waals surface area contributed by atoms with Crippen LogP contribution in [-0.2, 0) is 25.5 Å². The molecule has 1 N–H and O–H groups in total. The number of hydrogen-bond donors (Lipinski definition) is 1. The zero-order chi connectivity index (χ0) is 37.2. The number of allylic oxidation sites excluding steroid dienone is 1. The Morgan fingerprint density at radius 2 is 1.23 bits per heavy atom. The molecule has 2 heterocycles. The number of carbonyl (C=O) groups is 3. The van der Waals surface area contributed by atoms with Crippen molar-refractivity contribution in [2.75, 3.05) is 18.5 Å². The monoisotopic (exact) mass is 715 g/mol. The molecule has 53 heavy (non-hydrogen) atoms. The van der Waals surface area contributed by atoms with Crippen LogP contribution in [0.5, 0.6) is 0 Å². The summed E-state index contributed by atoms with van der Waals surface area (Å²) >= 11 is 0. The van der Waals surface area contributed by atoms with Gasteiger partial charge in [0, 0.05) is 12.6 Å². The van der Waals surface area contributed by atoms with E-state index in [4.69, 9.17) is 18.9 Å². The minimum atomic E-state index is -1.61. The summed E-state index contributed by atoms with van der Waals surface area (Å²) in [5, 5.41) is 3.12. The van der Waals surface area contributed by atoms with Gasteiger partial charge < -0.3 is 24.3 Å². The summed E-state index contributed by atoms with van der Waals surface area (Å²) in [7, 11) is 0. The van der Waals surface area contributed by atoms with Crippen LogP contribution < -0.4 is 16.6 Å². The molecule has 5 aromatic rings. The quantitative estimate of drug-likeness (QED) is 0.0975. The highest BCUT2D eigenvalue weighted by molar-refractivity contribution is 5.91. The van der Waals surface area contributed by atoms with E-state index in [-0.39, 0.29) is 29.1 Å². The van der Waals surface area contributed by atoms with Crippen LogP contribution in [0.3, 0.4) is 0 Å². The predicted molar refractivity (Wildman–Crippen MR) is 196 cm³/mol. The van der Waals surface area contributed by atoms with Crippen LogP contribution in [0.15, 0.2) is 149 Å². The molecular formula is C41H37N3O9. The van der Waals surface area contributed by atoms with Crippen molar-refractivity contribution in [3.63, 3.8) is 0 Å². The summed E-state index contributed by atoms with van der Waals surface area (Å²) in [5.74, 6) is -2.07. The van der Waals surface area contributed by atoms with Gasteiger partial charge in [0.1, 0.15) is 18.5 Å². The topological polar surface area (TPSA) is 144 Å². The Labute approximate surface area is 304 Å². The van der Waals surface area contributed by atoms with Crippen LogP contribution in [0, 0.1) is 0 Å². The van der Waals surface area contributed by atoms with Crippen molar-refractivity contribution in [1.29, 1.82) is 0 Å². The van der Waals surface area contributed by atoms with Crippen LogP contribution in [0.1, 0.15) is 49.8 Å². The molecule has 1 saturated heterocycles. The number of ether oxygens (including phenoxy) is 4. The summed E-state index contributed by atoms with van der Waals surface area (Å²) in [6.07, 6.45) is -2.22. The Hall–Kier alpha value is -6.53. The lowest BCUT2D eigenvalue weighted by Gasteiger charge is -2.25. The summed E-state index contributed by atoms with van der Waals surface area (Å²) in [4.78, 5) is 68.7. The lowest BCUT2D eigenvalue weighted by atomic mass is 10.1. The highest BCUT2D eigenvalue weighted by Gasteiger charge is 2.52. The van der Waals surface area contributed by atoms with Crippen molar-refractivity contribution in [3.05, 3.63) is 183 Å². The van der Waals surface area contributed by atoms with E-state index < -0.39 is 60.3 Å². The number of hydrogen-bond acceptors (Lipinski definition) is 10. The first-order valence-corrected chi connectivity index (χ1v) is 17.0. The van der Waals surface area contributed by atoms with E-state index >= 15 is 0 Å². The third kappa shape index (κ3) is 8.68. The van der Waals surface area contributed by atoms with E-state index in [9.17, 15) is 24.0 Å². The molecule has 0 spiro atoms. The first-order chi connectivity index (χ1) is 25.8. The molecule has 0 amide bonds. The van der Waals surface area contributed by atoms with Gasteiger partial charge >= 0.3 is 23.6 Å². The average molecular weight is 716 g/mol. The van der Waals surface area contributed by atoms with Gasteiger partial charge in [0.2, 0.25) is 0 Å². The van der Waals surface area contributed by atoms with Gasteiger partial charge in [-0.25, -0.2) is 23.7 Å². The number of anilines is 1. The number of nitrogens with zero attached hydrogens (tertiary/aromatic N) is 2. The molecule has 0 aliphatic carbocycles. The molecule has 270 valence electrons. The second-order valence-electron chi connectivity index (χ2n) is 12.0. The lowest BCUT2D eigenvalue weighted by molar-refractivity contribution is -0.0656. The molecule has 0 bridgehead atoms. The number of esters is 3. The minimum Gasteiger partial charge on any atom is -0.459 e. The maximum atomic E-state index is 14.5. The number of aromatic nitrogens is 2. The predicted octanol–water partition coefficient (Wildman–Crippen LogP) is 5.25. The Bertz CT molecular complexity index is 2170. The number of nitrogens with one attached hydrogen (secondary N) is 1. The van der Waals surface area contributed by atoms with Gasteiger partial charge in [0.05, 0.1) is 23.2 Å². The molecule has 0 unspecified atom stereocenters. The van der Waals surface area contributed by atoms with Crippen molar-refractivity contribution in [2.45, 2.75) is 38.0 Å². The zero-order valence-corrected chi connectivity index (χ0v) is 28.8. The first-order valence-electron chi connectivity index (χ1n) is 17.0. The number of benzene rings is 4. The Kier molecular flexibility index (Phi) is 11.7. The normalized spacial score (nSPS) is 18.0. The second-order valence-corrected chi connectivity index (χ2v) is 12.0. The molecule has 6 rings (SSSR count). The third-order valence-electron chi connectivity index (χ3n) is 8.48. The SMILES string of the molecule is C/C=C/CNc1cc(=O)n([C@@H]2O[C@H](COC(=O)c3ccccc3)[C@@H](OC(=O)c3ccccc3)[C@H]2OC(=O)c2ccccc2)c(=O)n1Cc1ccccc1. The van der Waals surface area contributed by atoms with Gasteiger partial charge in [-0.15, -0.1) is 0 Å². The maximum absolute atomic E-state index is 14.5. The van der Waals surface area contributed by atoms with Gasteiger partial charge in [-0.2, -0.15) is 0 Å². The van der Waals surface area contributed by atoms with Gasteiger partial charge in [0.15, 0.2) is 18.4 Å². The molecule has 12 nitrogen and oxygen atoms in total. The van der Waals surface area contributed by atoms with Crippen LogP contribution in [0.4, 0.5) is 5.82 Å². The van der Waals surface area contributed by atoms with Crippen LogP contribution in [-0.4, -0.2) is 58.5 Å². The van der Waals surface area contributed by atoms with Crippen LogP contribution in [0.25, 0.3) is 0 Å². The van der Waals surface area contributed by atoms with Crippen molar-refractivity contribution in [1.82, 2.24) is 9.13 Å².